The van der Waals surface area contributed by atoms with Crippen molar-refractivity contribution < 1.29 is 4.79 Å². The fourth-order valence-electron chi connectivity index (χ4n) is 1.95. The first kappa shape index (κ1) is 14.6. The molecule has 8 heteroatoms. The number of nitrogens with two attached hydrogens (primary N) is 2. The van der Waals surface area contributed by atoms with E-state index >= 15 is 0 Å². The lowest BCUT2D eigenvalue weighted by Crippen LogP contribution is -2.20. The molecule has 1 aromatic carbocycles. The maximum absolute atomic E-state index is 11.8. The standard InChI is InChI=1S/C14H13N5OS2/c15-12(20)11(9-5-2-1-3-6-9)22-14-18-17-13(19(14)16)10-7-4-8-21-10/h1-8,11H,16H2,(H2,15,20). The molecule has 0 fully saturated rings. The highest BCUT2D eigenvalue weighted by Crippen LogP contribution is 2.35. The number of amides is 1. The van der Waals surface area contributed by atoms with Gasteiger partial charge in [-0.2, -0.15) is 0 Å². The zero-order valence-corrected chi connectivity index (χ0v) is 13.1. The topological polar surface area (TPSA) is 99.8 Å². The molecular formula is C14H13N5OS2. The Bertz CT molecular complexity index is 770. The molecule has 0 saturated carbocycles. The molecule has 22 heavy (non-hydrogen) atoms. The van der Waals surface area contributed by atoms with E-state index in [2.05, 4.69) is 10.2 Å². The maximum Gasteiger partial charge on any atom is 0.235 e. The number of rotatable bonds is 5. The second-order valence-electron chi connectivity index (χ2n) is 4.46. The van der Waals surface area contributed by atoms with E-state index in [0.29, 0.717) is 11.0 Å². The summed E-state index contributed by atoms with van der Waals surface area (Å²) in [5.41, 5.74) is 6.32. The maximum atomic E-state index is 11.8. The summed E-state index contributed by atoms with van der Waals surface area (Å²) in [6, 6.07) is 13.1. The molecule has 0 aliphatic rings. The van der Waals surface area contributed by atoms with Gasteiger partial charge in [0.1, 0.15) is 5.25 Å². The zero-order chi connectivity index (χ0) is 15.5. The molecule has 0 aliphatic carbocycles. The largest absolute Gasteiger partial charge is 0.368 e. The van der Waals surface area contributed by atoms with Crippen LogP contribution in [0.1, 0.15) is 10.8 Å². The van der Waals surface area contributed by atoms with E-state index in [4.69, 9.17) is 11.6 Å². The smallest absolute Gasteiger partial charge is 0.235 e. The van der Waals surface area contributed by atoms with Gasteiger partial charge in [-0.05, 0) is 17.0 Å². The van der Waals surface area contributed by atoms with Crippen molar-refractivity contribution in [2.75, 3.05) is 5.84 Å². The Balaban J connectivity index is 1.90. The van der Waals surface area contributed by atoms with Crippen LogP contribution in [0.5, 0.6) is 0 Å². The van der Waals surface area contributed by atoms with Crippen LogP contribution in [-0.2, 0) is 4.79 Å². The van der Waals surface area contributed by atoms with Crippen LogP contribution in [0.3, 0.4) is 0 Å². The molecular weight excluding hydrogens is 318 g/mol. The van der Waals surface area contributed by atoms with Crippen LogP contribution in [0.2, 0.25) is 0 Å². The number of thioether (sulfide) groups is 1. The highest BCUT2D eigenvalue weighted by molar-refractivity contribution is 8.00. The number of aromatic nitrogens is 3. The fourth-order valence-corrected chi connectivity index (χ4v) is 3.57. The number of carbonyl (C=O) groups excluding carboxylic acids is 1. The second-order valence-corrected chi connectivity index (χ2v) is 6.48. The minimum absolute atomic E-state index is 0.441. The number of hydrogen-bond donors (Lipinski definition) is 2. The molecule has 6 nitrogen and oxygen atoms in total. The van der Waals surface area contributed by atoms with Gasteiger partial charge in [0.15, 0.2) is 5.82 Å². The molecule has 0 spiro atoms. The van der Waals surface area contributed by atoms with Crippen molar-refractivity contribution in [2.24, 2.45) is 5.73 Å². The van der Waals surface area contributed by atoms with Crippen LogP contribution in [0.4, 0.5) is 0 Å². The molecule has 1 unspecified atom stereocenters. The van der Waals surface area contributed by atoms with Crippen molar-refractivity contribution in [3.05, 3.63) is 53.4 Å². The van der Waals surface area contributed by atoms with Crippen molar-refractivity contribution in [1.29, 1.82) is 0 Å². The van der Waals surface area contributed by atoms with E-state index in [1.807, 2.05) is 47.8 Å². The molecule has 2 heterocycles. The third kappa shape index (κ3) is 2.83. The number of benzene rings is 1. The highest BCUT2D eigenvalue weighted by atomic mass is 32.2. The van der Waals surface area contributed by atoms with Gasteiger partial charge in [0, 0.05) is 0 Å². The molecule has 0 bridgehead atoms. The number of nitrogen functional groups attached to an aromatic ring is 1. The Kier molecular flexibility index (Phi) is 4.12. The van der Waals surface area contributed by atoms with Gasteiger partial charge in [-0.1, -0.05) is 48.2 Å². The molecule has 0 saturated heterocycles. The van der Waals surface area contributed by atoms with E-state index in [9.17, 15) is 4.79 Å². The zero-order valence-electron chi connectivity index (χ0n) is 11.4. The third-order valence-corrected chi connectivity index (χ3v) is 5.09. The van der Waals surface area contributed by atoms with E-state index in [0.717, 1.165) is 10.4 Å². The molecule has 4 N–H and O–H groups in total. The number of thiophene rings is 1. The molecule has 1 amide bonds. The van der Waals surface area contributed by atoms with Gasteiger partial charge < -0.3 is 11.6 Å². The summed E-state index contributed by atoms with van der Waals surface area (Å²) in [5.74, 6) is 6.16. The van der Waals surface area contributed by atoms with E-state index < -0.39 is 11.2 Å². The lowest BCUT2D eigenvalue weighted by molar-refractivity contribution is -0.117. The summed E-state index contributed by atoms with van der Waals surface area (Å²) in [5, 5.41) is 9.97. The fraction of sp³-hybridized carbons (Fsp3) is 0.0714. The van der Waals surface area contributed by atoms with Crippen molar-refractivity contribution in [2.45, 2.75) is 10.4 Å². The summed E-state index contributed by atoms with van der Waals surface area (Å²) in [6.07, 6.45) is 0. The highest BCUT2D eigenvalue weighted by Gasteiger charge is 2.23. The Morgan fingerprint density at radius 3 is 2.59 bits per heavy atom. The molecule has 112 valence electrons. The van der Waals surface area contributed by atoms with Crippen molar-refractivity contribution in [3.63, 3.8) is 0 Å². The van der Waals surface area contributed by atoms with Gasteiger partial charge in [-0.3, -0.25) is 4.79 Å². The van der Waals surface area contributed by atoms with Crippen LogP contribution < -0.4 is 11.6 Å². The van der Waals surface area contributed by atoms with E-state index in [1.54, 1.807) is 0 Å². The first-order valence-corrected chi connectivity index (χ1v) is 8.18. The number of carbonyl (C=O) groups is 1. The van der Waals surface area contributed by atoms with Crippen molar-refractivity contribution in [3.8, 4) is 10.7 Å². The molecule has 0 radical (unpaired) electrons. The quantitative estimate of drug-likeness (QED) is 0.550. The summed E-state index contributed by atoms with van der Waals surface area (Å²) >= 11 is 2.71. The number of primary amides is 1. The summed E-state index contributed by atoms with van der Waals surface area (Å²) in [4.78, 5) is 12.7. The minimum Gasteiger partial charge on any atom is -0.368 e. The van der Waals surface area contributed by atoms with Crippen LogP contribution in [0.15, 0.2) is 53.0 Å². The van der Waals surface area contributed by atoms with Crippen LogP contribution >= 0.6 is 23.1 Å². The summed E-state index contributed by atoms with van der Waals surface area (Å²) in [7, 11) is 0. The minimum atomic E-state index is -0.566. The average molecular weight is 331 g/mol. The Morgan fingerprint density at radius 2 is 1.95 bits per heavy atom. The SMILES string of the molecule is NC(=O)C(Sc1nnc(-c2cccs2)n1N)c1ccccc1. The van der Waals surface area contributed by atoms with Crippen LogP contribution in [0.25, 0.3) is 10.7 Å². The van der Waals surface area contributed by atoms with Crippen molar-refractivity contribution >= 4 is 29.0 Å². The molecule has 0 aliphatic heterocycles. The van der Waals surface area contributed by atoms with Gasteiger partial charge in [-0.25, -0.2) is 4.68 Å². The van der Waals surface area contributed by atoms with Gasteiger partial charge in [-0.15, -0.1) is 21.5 Å². The molecule has 3 rings (SSSR count). The normalized spacial score (nSPS) is 12.2. The predicted molar refractivity (Wildman–Crippen MR) is 87.7 cm³/mol. The third-order valence-electron chi connectivity index (χ3n) is 2.99. The Hall–Kier alpha value is -2.32. The van der Waals surface area contributed by atoms with E-state index in [-0.39, 0.29) is 0 Å². The summed E-state index contributed by atoms with van der Waals surface area (Å²) < 4.78 is 1.38. The van der Waals surface area contributed by atoms with Gasteiger partial charge in [0.2, 0.25) is 11.1 Å². The Labute approximate surface area is 135 Å². The molecule has 1 atom stereocenters. The van der Waals surface area contributed by atoms with E-state index in [1.165, 1.54) is 27.8 Å². The van der Waals surface area contributed by atoms with Gasteiger partial charge in [0.05, 0.1) is 4.88 Å². The first-order chi connectivity index (χ1) is 10.7. The lowest BCUT2D eigenvalue weighted by Gasteiger charge is -2.12. The van der Waals surface area contributed by atoms with Crippen LogP contribution in [-0.4, -0.2) is 20.8 Å². The monoisotopic (exact) mass is 331 g/mol. The Morgan fingerprint density at radius 1 is 1.18 bits per heavy atom. The predicted octanol–water partition coefficient (Wildman–Crippen LogP) is 2.04. The summed E-state index contributed by atoms with van der Waals surface area (Å²) in [6.45, 7) is 0. The second kappa shape index (κ2) is 6.20. The first-order valence-electron chi connectivity index (χ1n) is 6.42. The van der Waals surface area contributed by atoms with Gasteiger partial charge >= 0.3 is 0 Å². The lowest BCUT2D eigenvalue weighted by atomic mass is 10.1. The van der Waals surface area contributed by atoms with Gasteiger partial charge in [0.25, 0.3) is 0 Å². The number of nitrogens with zero attached hydrogens (tertiary/aromatic N) is 3. The van der Waals surface area contributed by atoms with Crippen LogP contribution in [0, 0.1) is 0 Å². The number of hydrogen-bond acceptors (Lipinski definition) is 6. The molecule has 3 aromatic rings. The molecule has 2 aromatic heterocycles. The van der Waals surface area contributed by atoms with Crippen molar-refractivity contribution in [1.82, 2.24) is 14.9 Å². The average Bonchev–Trinajstić information content (AvgIpc) is 3.15.